The van der Waals surface area contributed by atoms with Gasteiger partial charge in [-0.2, -0.15) is 0 Å². The summed E-state index contributed by atoms with van der Waals surface area (Å²) < 4.78 is 5.08. The highest BCUT2D eigenvalue weighted by Crippen LogP contribution is 2.10. The molecule has 0 radical (unpaired) electrons. The van der Waals surface area contributed by atoms with E-state index < -0.39 is 5.97 Å². The average Bonchev–Trinajstić information content (AvgIpc) is 2.44. The summed E-state index contributed by atoms with van der Waals surface area (Å²) in [5.74, 6) is -1.23. The summed E-state index contributed by atoms with van der Waals surface area (Å²) in [6, 6.07) is 3.15. The second-order valence-corrected chi connectivity index (χ2v) is 4.89. The van der Waals surface area contributed by atoms with Crippen LogP contribution in [0.5, 0.6) is 0 Å². The molecule has 6 heteroatoms. The van der Waals surface area contributed by atoms with Crippen molar-refractivity contribution < 1.29 is 19.4 Å². The molecule has 0 spiro atoms. The molecule has 2 N–H and O–H groups in total. The molecule has 1 aromatic heterocycles. The van der Waals surface area contributed by atoms with Gasteiger partial charge in [0, 0.05) is 24.9 Å². The Bertz CT molecular complexity index is 526. The second-order valence-electron chi connectivity index (χ2n) is 4.89. The standard InChI is InChI=1S/C15H20N2O4/c1-10(2)12(9-21-3)17-15(20)14-11(5-4-8-16-14)6-7-13(18)19/h4-8,10,12H,9H2,1-3H3,(H,17,20)(H,18,19)/b7-6+. The van der Waals surface area contributed by atoms with Crippen molar-refractivity contribution in [1.29, 1.82) is 0 Å². The van der Waals surface area contributed by atoms with Crippen LogP contribution in [0, 0.1) is 5.92 Å². The topological polar surface area (TPSA) is 88.5 Å². The first kappa shape index (κ1) is 16.8. The molecule has 21 heavy (non-hydrogen) atoms. The van der Waals surface area contributed by atoms with Gasteiger partial charge in [0.15, 0.2) is 0 Å². The minimum Gasteiger partial charge on any atom is -0.478 e. The lowest BCUT2D eigenvalue weighted by Crippen LogP contribution is -2.42. The van der Waals surface area contributed by atoms with Crippen LogP contribution in [0.1, 0.15) is 29.9 Å². The Morgan fingerprint density at radius 2 is 2.19 bits per heavy atom. The molecule has 0 fully saturated rings. The average molecular weight is 292 g/mol. The zero-order valence-electron chi connectivity index (χ0n) is 12.4. The lowest BCUT2D eigenvalue weighted by molar-refractivity contribution is -0.131. The zero-order chi connectivity index (χ0) is 15.8. The summed E-state index contributed by atoms with van der Waals surface area (Å²) in [4.78, 5) is 26.9. The fourth-order valence-corrected chi connectivity index (χ4v) is 1.72. The number of nitrogens with zero attached hydrogens (tertiary/aromatic N) is 1. The number of carboxylic acid groups (broad SMARTS) is 1. The van der Waals surface area contributed by atoms with Crippen molar-refractivity contribution in [2.24, 2.45) is 5.92 Å². The Balaban J connectivity index is 2.94. The number of hydrogen-bond donors (Lipinski definition) is 2. The molecular weight excluding hydrogens is 272 g/mol. The molecule has 1 unspecified atom stereocenters. The smallest absolute Gasteiger partial charge is 0.328 e. The van der Waals surface area contributed by atoms with E-state index in [9.17, 15) is 9.59 Å². The maximum absolute atomic E-state index is 12.3. The largest absolute Gasteiger partial charge is 0.478 e. The number of aromatic nitrogens is 1. The highest BCUT2D eigenvalue weighted by molar-refractivity contribution is 5.97. The van der Waals surface area contributed by atoms with Gasteiger partial charge >= 0.3 is 5.97 Å². The highest BCUT2D eigenvalue weighted by Gasteiger charge is 2.19. The van der Waals surface area contributed by atoms with E-state index in [1.54, 1.807) is 19.2 Å². The Morgan fingerprint density at radius 1 is 1.48 bits per heavy atom. The number of aliphatic carboxylic acids is 1. The van der Waals surface area contributed by atoms with E-state index in [1.165, 1.54) is 12.3 Å². The molecule has 0 aliphatic heterocycles. The summed E-state index contributed by atoms with van der Waals surface area (Å²) >= 11 is 0. The third kappa shape index (κ3) is 5.35. The quantitative estimate of drug-likeness (QED) is 0.745. The normalized spacial score (nSPS) is 12.6. The summed E-state index contributed by atoms with van der Waals surface area (Å²) in [6.45, 7) is 4.36. The van der Waals surface area contributed by atoms with Crippen LogP contribution in [-0.4, -0.2) is 41.7 Å². The van der Waals surface area contributed by atoms with Gasteiger partial charge in [0.25, 0.3) is 5.91 Å². The van der Waals surface area contributed by atoms with Gasteiger partial charge in [-0.25, -0.2) is 4.79 Å². The van der Waals surface area contributed by atoms with Crippen LogP contribution in [-0.2, 0) is 9.53 Å². The minimum absolute atomic E-state index is 0.138. The molecule has 0 aromatic carbocycles. The molecule has 1 aromatic rings. The van der Waals surface area contributed by atoms with Gasteiger partial charge < -0.3 is 15.2 Å². The fraction of sp³-hybridized carbons (Fsp3) is 0.400. The van der Waals surface area contributed by atoms with E-state index in [0.717, 1.165) is 6.08 Å². The second kappa shape index (κ2) is 8.16. The van der Waals surface area contributed by atoms with E-state index in [4.69, 9.17) is 9.84 Å². The van der Waals surface area contributed by atoms with Gasteiger partial charge in [-0.05, 0) is 18.1 Å². The van der Waals surface area contributed by atoms with Crippen LogP contribution in [0.2, 0.25) is 0 Å². The van der Waals surface area contributed by atoms with Crippen molar-refractivity contribution in [2.45, 2.75) is 19.9 Å². The number of amides is 1. The Morgan fingerprint density at radius 3 is 2.76 bits per heavy atom. The number of carbonyl (C=O) groups is 2. The number of pyridine rings is 1. The number of rotatable bonds is 7. The summed E-state index contributed by atoms with van der Waals surface area (Å²) in [7, 11) is 1.57. The van der Waals surface area contributed by atoms with Gasteiger partial charge in [-0.1, -0.05) is 19.9 Å². The molecular formula is C15H20N2O4. The van der Waals surface area contributed by atoms with Gasteiger partial charge in [-0.3, -0.25) is 9.78 Å². The van der Waals surface area contributed by atoms with E-state index in [1.807, 2.05) is 13.8 Å². The first-order valence-electron chi connectivity index (χ1n) is 6.61. The van der Waals surface area contributed by atoms with Gasteiger partial charge in [0.1, 0.15) is 5.69 Å². The molecule has 1 heterocycles. The molecule has 0 saturated heterocycles. The van der Waals surface area contributed by atoms with Gasteiger partial charge in [0.2, 0.25) is 0 Å². The van der Waals surface area contributed by atoms with Crippen LogP contribution < -0.4 is 5.32 Å². The lowest BCUT2D eigenvalue weighted by atomic mass is 10.0. The van der Waals surface area contributed by atoms with E-state index in [0.29, 0.717) is 12.2 Å². The van der Waals surface area contributed by atoms with Crippen molar-refractivity contribution in [1.82, 2.24) is 10.3 Å². The van der Waals surface area contributed by atoms with Crippen molar-refractivity contribution in [2.75, 3.05) is 13.7 Å². The minimum atomic E-state index is -1.08. The van der Waals surface area contributed by atoms with Crippen molar-refractivity contribution in [3.63, 3.8) is 0 Å². The molecule has 0 bridgehead atoms. The van der Waals surface area contributed by atoms with Crippen LogP contribution in [0.25, 0.3) is 6.08 Å². The van der Waals surface area contributed by atoms with E-state index in [2.05, 4.69) is 10.3 Å². The van der Waals surface area contributed by atoms with Crippen LogP contribution in [0.15, 0.2) is 24.4 Å². The molecule has 1 rings (SSSR count). The Labute approximate surface area is 123 Å². The molecule has 1 atom stereocenters. The first-order chi connectivity index (χ1) is 9.95. The molecule has 1 amide bonds. The molecule has 0 aliphatic rings. The molecule has 6 nitrogen and oxygen atoms in total. The molecule has 0 saturated carbocycles. The van der Waals surface area contributed by atoms with Crippen LogP contribution >= 0.6 is 0 Å². The molecule has 114 valence electrons. The SMILES string of the molecule is COCC(NC(=O)c1ncccc1/C=C/C(=O)O)C(C)C. The van der Waals surface area contributed by atoms with Gasteiger partial charge in [0.05, 0.1) is 12.6 Å². The number of carboxylic acids is 1. The van der Waals surface area contributed by atoms with Crippen LogP contribution in [0.3, 0.4) is 0 Å². The lowest BCUT2D eigenvalue weighted by Gasteiger charge is -2.21. The summed E-state index contributed by atoms with van der Waals surface area (Å²) in [6.07, 6.45) is 3.82. The van der Waals surface area contributed by atoms with Crippen molar-refractivity contribution in [3.8, 4) is 0 Å². The van der Waals surface area contributed by atoms with Crippen molar-refractivity contribution >= 4 is 18.0 Å². The summed E-state index contributed by atoms with van der Waals surface area (Å²) in [5.41, 5.74) is 0.647. The van der Waals surface area contributed by atoms with Gasteiger partial charge in [-0.15, -0.1) is 0 Å². The molecule has 0 aliphatic carbocycles. The maximum Gasteiger partial charge on any atom is 0.328 e. The number of hydrogen-bond acceptors (Lipinski definition) is 4. The predicted molar refractivity (Wildman–Crippen MR) is 78.9 cm³/mol. The van der Waals surface area contributed by atoms with E-state index in [-0.39, 0.29) is 23.6 Å². The number of carbonyl (C=O) groups excluding carboxylic acids is 1. The Hall–Kier alpha value is -2.21. The zero-order valence-corrected chi connectivity index (χ0v) is 12.4. The van der Waals surface area contributed by atoms with Crippen LogP contribution in [0.4, 0.5) is 0 Å². The van der Waals surface area contributed by atoms with Crippen molar-refractivity contribution in [3.05, 3.63) is 35.7 Å². The highest BCUT2D eigenvalue weighted by atomic mass is 16.5. The first-order valence-corrected chi connectivity index (χ1v) is 6.61. The Kier molecular flexibility index (Phi) is 6.55. The third-order valence-corrected chi connectivity index (χ3v) is 2.93. The number of ether oxygens (including phenoxy) is 1. The third-order valence-electron chi connectivity index (χ3n) is 2.93. The fourth-order valence-electron chi connectivity index (χ4n) is 1.72. The maximum atomic E-state index is 12.3. The predicted octanol–water partition coefficient (Wildman–Crippen LogP) is 1.58. The number of methoxy groups -OCH3 is 1. The monoisotopic (exact) mass is 292 g/mol. The summed E-state index contributed by atoms with van der Waals surface area (Å²) in [5, 5.41) is 11.5. The number of nitrogens with one attached hydrogen (secondary N) is 1. The van der Waals surface area contributed by atoms with E-state index >= 15 is 0 Å².